The van der Waals surface area contributed by atoms with Crippen LogP contribution in [0.25, 0.3) is 0 Å². The summed E-state index contributed by atoms with van der Waals surface area (Å²) in [4.78, 5) is 2.38. The number of rotatable bonds is 7. The van der Waals surface area contributed by atoms with Gasteiger partial charge in [0.15, 0.2) is 0 Å². The fraction of sp³-hybridized carbons (Fsp3) is 0.684. The molecule has 1 atom stereocenters. The molecule has 120 valence electrons. The van der Waals surface area contributed by atoms with Crippen LogP contribution in [0, 0.1) is 0 Å². The summed E-state index contributed by atoms with van der Waals surface area (Å²) in [7, 11) is 2.17. The molecule has 0 aromatic heterocycles. The second kappa shape index (κ2) is 14.6. The van der Waals surface area contributed by atoms with Crippen LogP contribution >= 0.6 is 0 Å². The minimum atomic E-state index is 0.0655. The summed E-state index contributed by atoms with van der Waals surface area (Å²) in [6.45, 7) is 25.9. The smallest absolute Gasteiger partial charge is 0.0429 e. The standard InChI is InChI=1S/C15H27N.2C2H6/c1-8-12-14(13(5)9-2)15(6,10-3)16(7)11-4;2*1-2/h8,12H,1,5,9-11H2,2-4,6-7H3;2*1-2H3/b14-12+;;. The molecule has 1 heteroatoms. The van der Waals surface area contributed by atoms with Gasteiger partial charge in [-0.15, -0.1) is 0 Å². The average molecular weight is 282 g/mol. The molecule has 0 radical (unpaired) electrons. The maximum absolute atomic E-state index is 4.18. The van der Waals surface area contributed by atoms with Crippen LogP contribution in [0.3, 0.4) is 0 Å². The zero-order valence-electron chi connectivity index (χ0n) is 15.6. The van der Waals surface area contributed by atoms with Crippen molar-refractivity contribution >= 4 is 0 Å². The molecule has 0 aliphatic carbocycles. The van der Waals surface area contributed by atoms with E-state index in [2.05, 4.69) is 58.9 Å². The highest BCUT2D eigenvalue weighted by molar-refractivity contribution is 5.39. The second-order valence-corrected chi connectivity index (χ2v) is 4.41. The zero-order valence-corrected chi connectivity index (χ0v) is 15.6. The molecule has 0 aromatic rings. The lowest BCUT2D eigenvalue weighted by molar-refractivity contribution is 0.178. The Bertz CT molecular complexity index is 275. The highest BCUT2D eigenvalue weighted by atomic mass is 15.2. The molecule has 1 nitrogen and oxygen atoms in total. The summed E-state index contributed by atoms with van der Waals surface area (Å²) in [5, 5.41) is 0. The van der Waals surface area contributed by atoms with Gasteiger partial charge in [-0.1, -0.05) is 79.3 Å². The molecule has 20 heavy (non-hydrogen) atoms. The lowest BCUT2D eigenvalue weighted by Crippen LogP contribution is -2.45. The molecule has 0 heterocycles. The minimum absolute atomic E-state index is 0.0655. The van der Waals surface area contributed by atoms with Crippen molar-refractivity contribution in [3.8, 4) is 0 Å². The fourth-order valence-corrected chi connectivity index (χ4v) is 2.00. The molecule has 0 spiro atoms. The highest BCUT2D eigenvalue weighted by Crippen LogP contribution is 2.32. The minimum Gasteiger partial charge on any atom is -0.297 e. The van der Waals surface area contributed by atoms with E-state index in [1.807, 2.05) is 33.8 Å². The molecule has 0 fully saturated rings. The molecule has 0 saturated heterocycles. The van der Waals surface area contributed by atoms with Crippen LogP contribution in [0.1, 0.15) is 68.2 Å². The molecule has 0 saturated carbocycles. The third-order valence-corrected chi connectivity index (χ3v) is 3.68. The first kappa shape index (κ1) is 24.2. The van der Waals surface area contributed by atoms with Crippen molar-refractivity contribution in [2.45, 2.75) is 73.8 Å². The van der Waals surface area contributed by atoms with Crippen LogP contribution in [-0.2, 0) is 0 Å². The third-order valence-electron chi connectivity index (χ3n) is 3.68. The Morgan fingerprint density at radius 2 is 1.55 bits per heavy atom. The Morgan fingerprint density at radius 1 is 1.10 bits per heavy atom. The van der Waals surface area contributed by atoms with Gasteiger partial charge in [-0.05, 0) is 38.9 Å². The summed E-state index contributed by atoms with van der Waals surface area (Å²) in [5.74, 6) is 0. The van der Waals surface area contributed by atoms with Gasteiger partial charge in [-0.25, -0.2) is 0 Å². The van der Waals surface area contributed by atoms with E-state index in [9.17, 15) is 0 Å². The van der Waals surface area contributed by atoms with Crippen LogP contribution < -0.4 is 0 Å². The summed E-state index contributed by atoms with van der Waals surface area (Å²) >= 11 is 0. The van der Waals surface area contributed by atoms with E-state index in [4.69, 9.17) is 0 Å². The topological polar surface area (TPSA) is 3.24 Å². The van der Waals surface area contributed by atoms with Gasteiger partial charge in [0.05, 0.1) is 0 Å². The Morgan fingerprint density at radius 3 is 1.80 bits per heavy atom. The van der Waals surface area contributed by atoms with Crippen LogP contribution in [0.4, 0.5) is 0 Å². The summed E-state index contributed by atoms with van der Waals surface area (Å²) in [6, 6.07) is 0. The predicted molar refractivity (Wildman–Crippen MR) is 97.4 cm³/mol. The van der Waals surface area contributed by atoms with E-state index in [1.54, 1.807) is 0 Å². The Labute approximate surface area is 129 Å². The van der Waals surface area contributed by atoms with E-state index >= 15 is 0 Å². The lowest BCUT2D eigenvalue weighted by Gasteiger charge is -2.40. The Balaban J connectivity index is -0.000000656. The molecule has 0 aliphatic heterocycles. The van der Waals surface area contributed by atoms with Gasteiger partial charge in [0.25, 0.3) is 0 Å². The number of nitrogens with zero attached hydrogens (tertiary/aromatic N) is 1. The summed E-state index contributed by atoms with van der Waals surface area (Å²) in [6.07, 6.45) is 6.05. The number of likely N-dealkylation sites (N-methyl/N-ethyl adjacent to an activating group) is 1. The van der Waals surface area contributed by atoms with E-state index in [0.717, 1.165) is 19.4 Å². The van der Waals surface area contributed by atoms with Gasteiger partial charge in [-0.3, -0.25) is 4.90 Å². The van der Waals surface area contributed by atoms with E-state index in [0.29, 0.717) is 0 Å². The van der Waals surface area contributed by atoms with Crippen LogP contribution in [0.15, 0.2) is 36.5 Å². The highest BCUT2D eigenvalue weighted by Gasteiger charge is 2.31. The first-order valence-corrected chi connectivity index (χ1v) is 8.20. The van der Waals surface area contributed by atoms with Crippen LogP contribution in [0.5, 0.6) is 0 Å². The van der Waals surface area contributed by atoms with Crippen molar-refractivity contribution in [2.24, 2.45) is 0 Å². The lowest BCUT2D eigenvalue weighted by atomic mass is 9.82. The molecule has 0 rings (SSSR count). The molecule has 0 amide bonds. The van der Waals surface area contributed by atoms with Gasteiger partial charge in [0.1, 0.15) is 0 Å². The first-order chi connectivity index (χ1) is 9.47. The molecular weight excluding hydrogens is 242 g/mol. The molecule has 0 N–H and O–H groups in total. The molecule has 1 unspecified atom stereocenters. The van der Waals surface area contributed by atoms with Gasteiger partial charge >= 0.3 is 0 Å². The van der Waals surface area contributed by atoms with E-state index in [1.165, 1.54) is 11.1 Å². The Kier molecular flexibility index (Phi) is 17.7. The Hall–Kier alpha value is -0.820. The van der Waals surface area contributed by atoms with Gasteiger partial charge in [0, 0.05) is 5.54 Å². The van der Waals surface area contributed by atoms with Crippen molar-refractivity contribution in [3.63, 3.8) is 0 Å². The number of hydrogen-bond acceptors (Lipinski definition) is 1. The molecule has 0 aliphatic rings. The predicted octanol–water partition coefficient (Wildman–Crippen LogP) is 6.24. The zero-order chi connectivity index (χ0) is 16.8. The van der Waals surface area contributed by atoms with E-state index in [-0.39, 0.29) is 5.54 Å². The maximum Gasteiger partial charge on any atom is 0.0429 e. The van der Waals surface area contributed by atoms with Crippen molar-refractivity contribution in [1.82, 2.24) is 4.90 Å². The SMILES string of the molecule is C=C/C=C(\C(=C)CC)C(C)(CC)N(C)CC.CC.CC. The first-order valence-electron chi connectivity index (χ1n) is 8.20. The van der Waals surface area contributed by atoms with Gasteiger partial charge in [-0.2, -0.15) is 0 Å². The quantitative estimate of drug-likeness (QED) is 0.499. The molecular formula is C19H39N. The molecule has 0 aromatic carbocycles. The van der Waals surface area contributed by atoms with Crippen molar-refractivity contribution < 1.29 is 0 Å². The average Bonchev–Trinajstić information content (AvgIpc) is 2.54. The largest absolute Gasteiger partial charge is 0.297 e. The summed E-state index contributed by atoms with van der Waals surface area (Å²) in [5.41, 5.74) is 2.59. The normalized spacial score (nSPS) is 13.4. The van der Waals surface area contributed by atoms with Crippen LogP contribution in [-0.4, -0.2) is 24.0 Å². The van der Waals surface area contributed by atoms with Gasteiger partial charge < -0.3 is 0 Å². The number of hydrogen-bond donors (Lipinski definition) is 0. The van der Waals surface area contributed by atoms with Crippen molar-refractivity contribution in [1.29, 1.82) is 0 Å². The molecule has 0 bridgehead atoms. The van der Waals surface area contributed by atoms with Crippen LogP contribution in [0.2, 0.25) is 0 Å². The number of allylic oxidation sites excluding steroid dienone is 2. The van der Waals surface area contributed by atoms with Crippen molar-refractivity contribution in [3.05, 3.63) is 36.5 Å². The van der Waals surface area contributed by atoms with Gasteiger partial charge in [0.2, 0.25) is 0 Å². The maximum atomic E-state index is 4.18. The fourth-order valence-electron chi connectivity index (χ4n) is 2.00. The van der Waals surface area contributed by atoms with Crippen molar-refractivity contribution in [2.75, 3.05) is 13.6 Å². The summed E-state index contributed by atoms with van der Waals surface area (Å²) < 4.78 is 0. The van der Waals surface area contributed by atoms with E-state index < -0.39 is 0 Å². The monoisotopic (exact) mass is 281 g/mol. The second-order valence-electron chi connectivity index (χ2n) is 4.41. The third kappa shape index (κ3) is 7.09.